The Morgan fingerprint density at radius 2 is 2.12 bits per heavy atom. The second-order valence-corrected chi connectivity index (χ2v) is 3.83. The number of aliphatic carboxylic acids is 1. The Hall–Kier alpha value is -1.69. The first-order valence-electron chi connectivity index (χ1n) is 4.39. The highest BCUT2D eigenvalue weighted by Crippen LogP contribution is 2.42. The molecule has 16 heavy (non-hydrogen) atoms. The SMILES string of the molecule is CSc1c(C(=O)C(=O)O)ccc2c1OCO2. The van der Waals surface area contributed by atoms with Gasteiger partial charge in [0.15, 0.2) is 11.5 Å². The summed E-state index contributed by atoms with van der Waals surface area (Å²) in [4.78, 5) is 22.6. The molecule has 1 aliphatic heterocycles. The van der Waals surface area contributed by atoms with Crippen molar-refractivity contribution in [1.29, 1.82) is 0 Å². The number of hydrogen-bond donors (Lipinski definition) is 1. The fourth-order valence-corrected chi connectivity index (χ4v) is 2.17. The van der Waals surface area contributed by atoms with E-state index in [9.17, 15) is 9.59 Å². The van der Waals surface area contributed by atoms with E-state index in [-0.39, 0.29) is 12.4 Å². The highest BCUT2D eigenvalue weighted by atomic mass is 32.2. The van der Waals surface area contributed by atoms with Gasteiger partial charge in [0, 0.05) is 5.56 Å². The minimum atomic E-state index is -1.48. The summed E-state index contributed by atoms with van der Waals surface area (Å²) in [6.45, 7) is 0.0909. The lowest BCUT2D eigenvalue weighted by Crippen LogP contribution is -2.13. The van der Waals surface area contributed by atoms with Gasteiger partial charge in [0.25, 0.3) is 5.78 Å². The second kappa shape index (κ2) is 4.05. The molecule has 1 aliphatic rings. The van der Waals surface area contributed by atoms with Crippen molar-refractivity contribution in [3.63, 3.8) is 0 Å². The van der Waals surface area contributed by atoms with E-state index in [1.807, 2.05) is 0 Å². The van der Waals surface area contributed by atoms with Gasteiger partial charge in [0.1, 0.15) is 0 Å². The molecule has 6 heteroatoms. The highest BCUT2D eigenvalue weighted by Gasteiger charge is 2.26. The van der Waals surface area contributed by atoms with Crippen LogP contribution in [0.5, 0.6) is 11.5 Å². The van der Waals surface area contributed by atoms with Crippen molar-refractivity contribution in [2.45, 2.75) is 4.90 Å². The zero-order valence-corrected chi connectivity index (χ0v) is 9.17. The molecule has 0 spiro atoms. The van der Waals surface area contributed by atoms with Crippen LogP contribution in [0, 0.1) is 0 Å². The average molecular weight is 240 g/mol. The van der Waals surface area contributed by atoms with Gasteiger partial charge in [-0.25, -0.2) is 4.79 Å². The van der Waals surface area contributed by atoms with E-state index in [0.717, 1.165) is 0 Å². The molecule has 0 fully saturated rings. The highest BCUT2D eigenvalue weighted by molar-refractivity contribution is 7.98. The molecule has 0 saturated heterocycles. The maximum absolute atomic E-state index is 11.4. The Kier molecular flexibility index (Phi) is 2.74. The van der Waals surface area contributed by atoms with Crippen LogP contribution in [0.1, 0.15) is 10.4 Å². The number of carboxylic acids is 1. The molecule has 1 heterocycles. The van der Waals surface area contributed by atoms with Crippen LogP contribution in [0.25, 0.3) is 0 Å². The Balaban J connectivity index is 2.55. The van der Waals surface area contributed by atoms with Gasteiger partial charge in [-0.2, -0.15) is 0 Å². The molecule has 5 nitrogen and oxygen atoms in total. The van der Waals surface area contributed by atoms with Crippen molar-refractivity contribution in [3.05, 3.63) is 17.7 Å². The maximum Gasteiger partial charge on any atom is 0.377 e. The Morgan fingerprint density at radius 3 is 2.75 bits per heavy atom. The van der Waals surface area contributed by atoms with E-state index >= 15 is 0 Å². The molecule has 0 atom stereocenters. The van der Waals surface area contributed by atoms with Crippen molar-refractivity contribution < 1.29 is 24.2 Å². The van der Waals surface area contributed by atoms with E-state index in [2.05, 4.69) is 0 Å². The summed E-state index contributed by atoms with van der Waals surface area (Å²) >= 11 is 1.26. The third-order valence-electron chi connectivity index (χ3n) is 2.14. The predicted molar refractivity (Wildman–Crippen MR) is 56.3 cm³/mol. The van der Waals surface area contributed by atoms with E-state index < -0.39 is 11.8 Å². The molecule has 0 aliphatic carbocycles. The first kappa shape index (κ1) is 10.8. The summed E-state index contributed by atoms with van der Waals surface area (Å²) in [5.74, 6) is -1.44. The predicted octanol–water partition coefficient (Wildman–Crippen LogP) is 1.40. The number of ketones is 1. The molecule has 84 valence electrons. The minimum absolute atomic E-state index is 0.0909. The summed E-state index contributed by atoms with van der Waals surface area (Å²) in [7, 11) is 0. The molecule has 0 bridgehead atoms. The van der Waals surface area contributed by atoms with E-state index in [0.29, 0.717) is 16.4 Å². The third kappa shape index (κ3) is 1.61. The molecular formula is C10H8O5S. The fraction of sp³-hybridized carbons (Fsp3) is 0.200. The van der Waals surface area contributed by atoms with Crippen LogP contribution in [-0.2, 0) is 4.79 Å². The average Bonchev–Trinajstić information content (AvgIpc) is 2.74. The van der Waals surface area contributed by atoms with Gasteiger partial charge < -0.3 is 14.6 Å². The number of thioether (sulfide) groups is 1. The molecule has 1 N–H and O–H groups in total. The van der Waals surface area contributed by atoms with Gasteiger partial charge in [-0.15, -0.1) is 11.8 Å². The van der Waals surface area contributed by atoms with Crippen molar-refractivity contribution in [3.8, 4) is 11.5 Å². The molecule has 0 radical (unpaired) electrons. The van der Waals surface area contributed by atoms with Crippen LogP contribution < -0.4 is 9.47 Å². The van der Waals surface area contributed by atoms with Gasteiger partial charge in [-0.3, -0.25) is 4.79 Å². The smallest absolute Gasteiger partial charge is 0.377 e. The molecular weight excluding hydrogens is 232 g/mol. The van der Waals surface area contributed by atoms with Gasteiger partial charge in [0.2, 0.25) is 6.79 Å². The first-order chi connectivity index (χ1) is 7.65. The Bertz CT molecular complexity index is 469. The Labute approximate surface area is 95.4 Å². The summed E-state index contributed by atoms with van der Waals surface area (Å²) in [6.07, 6.45) is 1.75. The summed E-state index contributed by atoms with van der Waals surface area (Å²) in [6, 6.07) is 2.98. The number of carbonyl (C=O) groups excluding carboxylic acids is 1. The first-order valence-corrected chi connectivity index (χ1v) is 5.62. The number of ether oxygens (including phenoxy) is 2. The van der Waals surface area contributed by atoms with Crippen LogP contribution in [0.2, 0.25) is 0 Å². The van der Waals surface area contributed by atoms with Gasteiger partial charge in [-0.1, -0.05) is 0 Å². The fourth-order valence-electron chi connectivity index (χ4n) is 1.44. The van der Waals surface area contributed by atoms with E-state index in [1.165, 1.54) is 23.9 Å². The molecule has 2 rings (SSSR count). The number of rotatable bonds is 3. The summed E-state index contributed by atoms with van der Waals surface area (Å²) < 4.78 is 10.3. The lowest BCUT2D eigenvalue weighted by atomic mass is 10.1. The molecule has 0 unspecified atom stereocenters. The minimum Gasteiger partial charge on any atom is -0.475 e. The van der Waals surface area contributed by atoms with Crippen LogP contribution in [-0.4, -0.2) is 29.9 Å². The van der Waals surface area contributed by atoms with Crippen molar-refractivity contribution in [2.24, 2.45) is 0 Å². The van der Waals surface area contributed by atoms with Crippen molar-refractivity contribution in [1.82, 2.24) is 0 Å². The zero-order chi connectivity index (χ0) is 11.7. The van der Waals surface area contributed by atoms with Gasteiger partial charge in [0.05, 0.1) is 4.90 Å². The summed E-state index contributed by atoms with van der Waals surface area (Å²) in [5, 5.41) is 8.67. The quantitative estimate of drug-likeness (QED) is 0.489. The van der Waals surface area contributed by atoms with Crippen molar-refractivity contribution >= 4 is 23.5 Å². The standard InChI is InChI=1S/C10H8O5S/c1-16-9-5(7(11)10(12)13)2-3-6-8(9)15-4-14-6/h2-3H,4H2,1H3,(H,12,13). The monoisotopic (exact) mass is 240 g/mol. The van der Waals surface area contributed by atoms with Crippen LogP contribution in [0.3, 0.4) is 0 Å². The largest absolute Gasteiger partial charge is 0.475 e. The number of hydrogen-bond acceptors (Lipinski definition) is 5. The number of carbonyl (C=O) groups is 2. The molecule has 1 aromatic carbocycles. The lowest BCUT2D eigenvalue weighted by Gasteiger charge is -2.07. The van der Waals surface area contributed by atoms with Crippen LogP contribution in [0.15, 0.2) is 17.0 Å². The second-order valence-electron chi connectivity index (χ2n) is 3.01. The number of fused-ring (bicyclic) bond motifs is 1. The van der Waals surface area contributed by atoms with E-state index in [1.54, 1.807) is 6.26 Å². The van der Waals surface area contributed by atoms with Crippen molar-refractivity contribution in [2.75, 3.05) is 13.0 Å². The number of benzene rings is 1. The number of Topliss-reactive ketones (excluding diaryl/α,β-unsaturated/α-hetero) is 1. The molecule has 0 aromatic heterocycles. The normalized spacial score (nSPS) is 12.6. The van der Waals surface area contributed by atoms with Crippen LogP contribution in [0.4, 0.5) is 0 Å². The van der Waals surface area contributed by atoms with Crippen LogP contribution >= 0.6 is 11.8 Å². The lowest BCUT2D eigenvalue weighted by molar-refractivity contribution is -0.131. The van der Waals surface area contributed by atoms with E-state index in [4.69, 9.17) is 14.6 Å². The summed E-state index contributed by atoms with van der Waals surface area (Å²) in [5.41, 5.74) is 0.129. The molecule has 0 saturated carbocycles. The van der Waals surface area contributed by atoms with Gasteiger partial charge in [-0.05, 0) is 18.4 Å². The zero-order valence-electron chi connectivity index (χ0n) is 8.35. The Morgan fingerprint density at radius 1 is 1.38 bits per heavy atom. The maximum atomic E-state index is 11.4. The van der Waals surface area contributed by atoms with Gasteiger partial charge >= 0.3 is 5.97 Å². The molecule has 1 aromatic rings. The number of carboxylic acid groups (broad SMARTS) is 1. The third-order valence-corrected chi connectivity index (χ3v) is 2.95. The topological polar surface area (TPSA) is 72.8 Å². The molecule has 0 amide bonds.